The predicted octanol–water partition coefficient (Wildman–Crippen LogP) is 17.7. The third-order valence-electron chi connectivity index (χ3n) is 14.2. The maximum atomic E-state index is 5.21. The number of hydrogen-bond acceptors (Lipinski definition) is 4. The van der Waals surface area contributed by atoms with Crippen LogP contribution in [0.1, 0.15) is 0 Å². The molecule has 0 spiro atoms. The van der Waals surface area contributed by atoms with Gasteiger partial charge >= 0.3 is 0 Å². The van der Waals surface area contributed by atoms with Crippen molar-refractivity contribution in [1.29, 1.82) is 0 Å². The molecule has 0 saturated heterocycles. The second-order valence-corrected chi connectivity index (χ2v) is 18.4. The summed E-state index contributed by atoms with van der Waals surface area (Å²) in [6.07, 6.45) is 1.87. The first kappa shape index (κ1) is 41.3. The van der Waals surface area contributed by atoms with Gasteiger partial charge in [0.05, 0.1) is 44.7 Å². The number of benzene rings is 11. The molecule has 0 radical (unpaired) electrons. The van der Waals surface area contributed by atoms with Gasteiger partial charge in [-0.05, 0) is 129 Å². The average Bonchev–Trinajstić information content (AvgIpc) is 3.78. The maximum Gasteiger partial charge on any atom is 0.0973 e. The summed E-state index contributed by atoms with van der Waals surface area (Å²) in [6.45, 7) is 0. The number of pyridine rings is 1. The van der Waals surface area contributed by atoms with Crippen LogP contribution in [0, 0.1) is 0 Å². The van der Waals surface area contributed by atoms with Crippen molar-refractivity contribution in [2.24, 2.45) is 0 Å². The maximum absolute atomic E-state index is 5.21. The Kier molecular flexibility index (Phi) is 9.78. The van der Waals surface area contributed by atoms with Gasteiger partial charge < -0.3 is 9.47 Å². The summed E-state index contributed by atoms with van der Waals surface area (Å²) in [4.78, 5) is 17.6. The zero-order valence-electron chi connectivity index (χ0n) is 39.1. The highest BCUT2D eigenvalue weighted by molar-refractivity contribution is 6.13. The Hall–Kier alpha value is -9.71. The highest BCUT2D eigenvalue weighted by Crippen LogP contribution is 2.43. The van der Waals surface area contributed by atoms with Crippen molar-refractivity contribution in [3.8, 4) is 50.5 Å². The van der Waals surface area contributed by atoms with Crippen LogP contribution >= 0.6 is 0 Å². The number of nitrogens with zero attached hydrogens (tertiary/aromatic N) is 5. The van der Waals surface area contributed by atoms with E-state index in [4.69, 9.17) is 15.0 Å². The van der Waals surface area contributed by atoms with Crippen LogP contribution in [0.15, 0.2) is 261 Å². The molecule has 0 saturated carbocycles. The quantitative estimate of drug-likeness (QED) is 0.152. The highest BCUT2D eigenvalue weighted by atomic mass is 15.1. The molecule has 14 rings (SSSR count). The molecule has 3 heterocycles. The molecule has 0 aliphatic heterocycles. The molecule has 0 unspecified atom stereocenters. The highest BCUT2D eigenvalue weighted by Gasteiger charge is 2.21. The van der Waals surface area contributed by atoms with Crippen LogP contribution in [0.4, 0.5) is 17.1 Å². The third kappa shape index (κ3) is 6.98. The lowest BCUT2D eigenvalue weighted by Crippen LogP contribution is -2.11. The topological polar surface area (TPSA) is 46.8 Å². The number of aromatic nitrogens is 4. The van der Waals surface area contributed by atoms with Gasteiger partial charge in [0.1, 0.15) is 0 Å². The second-order valence-electron chi connectivity index (χ2n) is 18.4. The van der Waals surface area contributed by atoms with E-state index in [2.05, 4.69) is 216 Å². The lowest BCUT2D eigenvalue weighted by molar-refractivity contribution is 1.17. The molecule has 0 amide bonds. The molecular weight excluding hydrogens is 875 g/mol. The van der Waals surface area contributed by atoms with E-state index in [-0.39, 0.29) is 0 Å². The van der Waals surface area contributed by atoms with E-state index in [9.17, 15) is 0 Å². The fourth-order valence-electron chi connectivity index (χ4n) is 10.8. The van der Waals surface area contributed by atoms with Gasteiger partial charge in [0.2, 0.25) is 0 Å². The van der Waals surface area contributed by atoms with Crippen LogP contribution in [0.25, 0.3) is 116 Å². The molecule has 0 aliphatic carbocycles. The monoisotopic (exact) mass is 917 g/mol. The molecule has 11 aromatic carbocycles. The van der Waals surface area contributed by atoms with Crippen LogP contribution in [0.2, 0.25) is 0 Å². The summed E-state index contributed by atoms with van der Waals surface area (Å²) in [5.41, 5.74) is 17.6. The largest absolute Gasteiger partial charge is 0.309 e. The summed E-state index contributed by atoms with van der Waals surface area (Å²) in [5, 5.41) is 8.44. The van der Waals surface area contributed by atoms with Crippen LogP contribution in [-0.4, -0.2) is 19.5 Å². The Labute approximate surface area is 416 Å². The first-order valence-corrected chi connectivity index (χ1v) is 24.4. The van der Waals surface area contributed by atoms with Crippen molar-refractivity contribution < 1.29 is 0 Å². The average molecular weight is 918 g/mol. The van der Waals surface area contributed by atoms with E-state index < -0.39 is 0 Å². The van der Waals surface area contributed by atoms with Crippen molar-refractivity contribution in [1.82, 2.24) is 19.5 Å². The molecule has 14 aromatic rings. The van der Waals surface area contributed by atoms with Gasteiger partial charge in [-0.15, -0.1) is 0 Å². The minimum Gasteiger partial charge on any atom is -0.309 e. The molecule has 0 fully saturated rings. The number of rotatable bonds is 8. The SMILES string of the molecule is c1ccc(-c2nc3ccccc3nc2-c2ccc(N(c3ccc(-n4c5ccc(-c6cccc7ccccc67)cc5c5cc(-c6cccc7ccccc67)ccc54)cc3)c3cccc4cccnc34)cc2)cc1. The second kappa shape index (κ2) is 17.1. The first-order chi connectivity index (χ1) is 35.7. The lowest BCUT2D eigenvalue weighted by Gasteiger charge is -2.27. The summed E-state index contributed by atoms with van der Waals surface area (Å²) in [5.74, 6) is 0. The zero-order chi connectivity index (χ0) is 47.5. The fourth-order valence-corrected chi connectivity index (χ4v) is 10.8. The molecule has 0 N–H and O–H groups in total. The van der Waals surface area contributed by atoms with Crippen molar-refractivity contribution in [3.63, 3.8) is 0 Å². The Morgan fingerprint density at radius 3 is 1.42 bits per heavy atom. The van der Waals surface area contributed by atoms with E-state index in [1.807, 2.05) is 54.7 Å². The molecule has 336 valence electrons. The Bertz CT molecular complexity index is 4230. The summed E-state index contributed by atoms with van der Waals surface area (Å²) in [6, 6.07) is 91.1. The third-order valence-corrected chi connectivity index (χ3v) is 14.2. The summed E-state index contributed by atoms with van der Waals surface area (Å²) in [7, 11) is 0. The summed E-state index contributed by atoms with van der Waals surface area (Å²) < 4.78 is 2.42. The molecule has 5 nitrogen and oxygen atoms in total. The predicted molar refractivity (Wildman–Crippen MR) is 301 cm³/mol. The minimum atomic E-state index is 0.842. The van der Waals surface area contributed by atoms with Gasteiger partial charge in [0.15, 0.2) is 0 Å². The van der Waals surface area contributed by atoms with Crippen molar-refractivity contribution in [2.75, 3.05) is 4.90 Å². The molecular formula is C67H43N5. The number of para-hydroxylation sites is 3. The van der Waals surface area contributed by atoms with Crippen LogP contribution in [-0.2, 0) is 0 Å². The first-order valence-electron chi connectivity index (χ1n) is 24.4. The fraction of sp³-hybridized carbons (Fsp3) is 0. The van der Waals surface area contributed by atoms with Crippen molar-refractivity contribution in [2.45, 2.75) is 0 Å². The molecule has 0 bridgehead atoms. The smallest absolute Gasteiger partial charge is 0.0973 e. The number of fused-ring (bicyclic) bond motifs is 7. The molecule has 72 heavy (non-hydrogen) atoms. The van der Waals surface area contributed by atoms with E-state index in [1.54, 1.807) is 0 Å². The van der Waals surface area contributed by atoms with Crippen molar-refractivity contribution in [3.05, 3.63) is 261 Å². The zero-order valence-corrected chi connectivity index (χ0v) is 39.1. The number of anilines is 3. The van der Waals surface area contributed by atoms with Gasteiger partial charge in [0.25, 0.3) is 0 Å². The standard InChI is InChI=1S/C67H43N5/c1-2-16-47(17-3-1)66-67(70-61-27-9-8-26-60(61)69-66)48-29-33-51(34-30-48)71(64-28-12-20-46-21-13-41-68-65(46)64)52-35-37-53(38-36-52)72-62-39-31-49(56-24-10-18-44-14-4-6-22-54(44)56)42-58(62)59-43-50(32-40-63(59)72)57-25-11-19-45-15-5-7-23-55(45)57/h1-43H. The molecule has 0 atom stereocenters. The van der Waals surface area contributed by atoms with E-state index in [0.717, 1.165) is 78.2 Å². The molecule has 3 aromatic heterocycles. The van der Waals surface area contributed by atoms with E-state index >= 15 is 0 Å². The molecule has 5 heteroatoms. The number of hydrogen-bond donors (Lipinski definition) is 0. The molecule has 0 aliphatic rings. The Morgan fingerprint density at radius 2 is 0.806 bits per heavy atom. The Morgan fingerprint density at radius 1 is 0.333 bits per heavy atom. The van der Waals surface area contributed by atoms with E-state index in [1.165, 1.54) is 54.6 Å². The minimum absolute atomic E-state index is 0.842. The normalized spacial score (nSPS) is 11.6. The van der Waals surface area contributed by atoms with Crippen molar-refractivity contribution >= 4 is 82.3 Å². The van der Waals surface area contributed by atoms with Gasteiger partial charge in [-0.25, -0.2) is 9.97 Å². The Balaban J connectivity index is 0.918. The van der Waals surface area contributed by atoms with Crippen LogP contribution in [0.3, 0.4) is 0 Å². The van der Waals surface area contributed by atoms with E-state index in [0.29, 0.717) is 0 Å². The lowest BCUT2D eigenvalue weighted by atomic mass is 9.95. The van der Waals surface area contributed by atoms with Gasteiger partial charge in [0, 0.05) is 50.5 Å². The van der Waals surface area contributed by atoms with Gasteiger partial charge in [-0.1, -0.05) is 170 Å². The van der Waals surface area contributed by atoms with Gasteiger partial charge in [-0.3, -0.25) is 4.98 Å². The van der Waals surface area contributed by atoms with Crippen LogP contribution in [0.5, 0.6) is 0 Å². The van der Waals surface area contributed by atoms with Gasteiger partial charge in [-0.2, -0.15) is 0 Å². The summed E-state index contributed by atoms with van der Waals surface area (Å²) >= 11 is 0. The van der Waals surface area contributed by atoms with Crippen LogP contribution < -0.4 is 4.90 Å².